The highest BCUT2D eigenvalue weighted by atomic mass is 32.2. The quantitative estimate of drug-likeness (QED) is 0.845. The Balaban J connectivity index is 2.34. The first-order valence-electron chi connectivity index (χ1n) is 5.83. The molecule has 0 spiro atoms. The Labute approximate surface area is 108 Å². The highest BCUT2D eigenvalue weighted by Gasteiger charge is 2.42. The molecule has 1 N–H and O–H groups in total. The zero-order chi connectivity index (χ0) is 13.2. The Morgan fingerprint density at radius 3 is 2.56 bits per heavy atom. The van der Waals surface area contributed by atoms with E-state index in [9.17, 15) is 18.7 Å². The number of rotatable bonds is 4. The topological polar surface area (TPSA) is 37.3 Å². The van der Waals surface area contributed by atoms with Gasteiger partial charge in [-0.3, -0.25) is 4.79 Å². The van der Waals surface area contributed by atoms with Crippen molar-refractivity contribution in [1.29, 1.82) is 0 Å². The third-order valence-electron chi connectivity index (χ3n) is 3.48. The molecule has 1 aliphatic carbocycles. The number of hydrogen-bond acceptors (Lipinski definition) is 2. The van der Waals surface area contributed by atoms with Gasteiger partial charge in [-0.1, -0.05) is 36.7 Å². The van der Waals surface area contributed by atoms with Crippen molar-refractivity contribution in [3.63, 3.8) is 0 Å². The lowest BCUT2D eigenvalue weighted by atomic mass is 9.79. The van der Waals surface area contributed by atoms with Gasteiger partial charge in [0.2, 0.25) is 0 Å². The molecule has 18 heavy (non-hydrogen) atoms. The number of carboxylic acid groups (broad SMARTS) is 1. The number of carboxylic acids is 1. The Morgan fingerprint density at radius 2 is 2.00 bits per heavy atom. The number of carbonyl (C=O) groups is 1. The van der Waals surface area contributed by atoms with Crippen LogP contribution in [-0.2, 0) is 10.2 Å². The van der Waals surface area contributed by atoms with Crippen LogP contribution in [0, 0.1) is 0 Å². The van der Waals surface area contributed by atoms with Gasteiger partial charge in [-0.25, -0.2) is 0 Å². The minimum atomic E-state index is -2.48. The number of alkyl halides is 2. The summed E-state index contributed by atoms with van der Waals surface area (Å²) in [5.74, 6) is -3.33. The van der Waals surface area contributed by atoms with Gasteiger partial charge in [0.1, 0.15) is 0 Å². The fraction of sp³-hybridized carbons (Fsp3) is 0.462. The highest BCUT2D eigenvalue weighted by Crippen LogP contribution is 2.42. The number of halogens is 2. The number of benzene rings is 1. The summed E-state index contributed by atoms with van der Waals surface area (Å²) in [5, 5.41) is 9.44. The predicted octanol–water partition coefficient (Wildman–Crippen LogP) is 3.90. The maximum absolute atomic E-state index is 12.3. The molecule has 1 saturated carbocycles. The van der Waals surface area contributed by atoms with E-state index in [2.05, 4.69) is 0 Å². The first-order valence-corrected chi connectivity index (χ1v) is 6.71. The summed E-state index contributed by atoms with van der Waals surface area (Å²) in [6, 6.07) is 6.57. The van der Waals surface area contributed by atoms with Crippen molar-refractivity contribution in [1.82, 2.24) is 0 Å². The van der Waals surface area contributed by atoms with Crippen LogP contribution in [-0.4, -0.2) is 16.8 Å². The zero-order valence-electron chi connectivity index (χ0n) is 9.73. The summed E-state index contributed by atoms with van der Waals surface area (Å²) in [6.07, 6.45) is 2.92. The standard InChI is InChI=1S/C13H14F2O2S/c14-12(15)18-10-5-3-4-9(8-10)13(11(16)17)6-1-2-7-13/h3-5,8,12H,1-2,6-7H2,(H,16,17). The second-order valence-corrected chi connectivity index (χ2v) is 5.56. The molecule has 0 aliphatic heterocycles. The molecule has 1 fully saturated rings. The fourth-order valence-corrected chi connectivity index (χ4v) is 3.13. The van der Waals surface area contributed by atoms with Crippen LogP contribution in [0.25, 0.3) is 0 Å². The molecule has 1 aromatic rings. The van der Waals surface area contributed by atoms with Gasteiger partial charge in [-0.2, -0.15) is 8.78 Å². The van der Waals surface area contributed by atoms with Gasteiger partial charge in [0, 0.05) is 4.90 Å². The summed E-state index contributed by atoms with van der Waals surface area (Å²) in [7, 11) is 0. The summed E-state index contributed by atoms with van der Waals surface area (Å²) < 4.78 is 24.7. The van der Waals surface area contributed by atoms with Gasteiger partial charge in [0.05, 0.1) is 5.41 Å². The number of hydrogen-bond donors (Lipinski definition) is 1. The summed E-state index contributed by atoms with van der Waals surface area (Å²) in [6.45, 7) is 0. The normalized spacial score (nSPS) is 18.2. The average molecular weight is 272 g/mol. The zero-order valence-corrected chi connectivity index (χ0v) is 10.6. The van der Waals surface area contributed by atoms with E-state index >= 15 is 0 Å². The van der Waals surface area contributed by atoms with Crippen LogP contribution in [0.5, 0.6) is 0 Å². The van der Waals surface area contributed by atoms with Crippen molar-refractivity contribution in [3.8, 4) is 0 Å². The number of thioether (sulfide) groups is 1. The predicted molar refractivity (Wildman–Crippen MR) is 66.1 cm³/mol. The van der Waals surface area contributed by atoms with Crippen molar-refractivity contribution in [2.24, 2.45) is 0 Å². The van der Waals surface area contributed by atoms with E-state index in [-0.39, 0.29) is 0 Å². The summed E-state index contributed by atoms with van der Waals surface area (Å²) in [5.41, 5.74) is -0.225. The lowest BCUT2D eigenvalue weighted by Crippen LogP contribution is -2.32. The van der Waals surface area contributed by atoms with E-state index in [1.54, 1.807) is 24.3 Å². The van der Waals surface area contributed by atoms with Gasteiger partial charge >= 0.3 is 5.97 Å². The van der Waals surface area contributed by atoms with E-state index in [1.807, 2.05) is 0 Å². The molecule has 1 aliphatic rings. The molecule has 0 unspecified atom stereocenters. The van der Waals surface area contributed by atoms with Crippen LogP contribution in [0.15, 0.2) is 29.2 Å². The van der Waals surface area contributed by atoms with Crippen LogP contribution in [0.2, 0.25) is 0 Å². The van der Waals surface area contributed by atoms with E-state index in [1.165, 1.54) is 0 Å². The third-order valence-corrected chi connectivity index (χ3v) is 4.18. The smallest absolute Gasteiger partial charge is 0.314 e. The molecular weight excluding hydrogens is 258 g/mol. The lowest BCUT2D eigenvalue weighted by Gasteiger charge is -2.24. The van der Waals surface area contributed by atoms with Crippen LogP contribution < -0.4 is 0 Å². The first-order chi connectivity index (χ1) is 8.54. The van der Waals surface area contributed by atoms with Crippen molar-refractivity contribution in [3.05, 3.63) is 29.8 Å². The van der Waals surface area contributed by atoms with E-state index in [0.29, 0.717) is 35.1 Å². The fourth-order valence-electron chi connectivity index (χ4n) is 2.57. The van der Waals surface area contributed by atoms with Crippen molar-refractivity contribution < 1.29 is 18.7 Å². The van der Waals surface area contributed by atoms with E-state index in [4.69, 9.17) is 0 Å². The molecular formula is C13H14F2O2S. The van der Waals surface area contributed by atoms with Crippen LogP contribution >= 0.6 is 11.8 Å². The molecule has 0 amide bonds. The van der Waals surface area contributed by atoms with E-state index in [0.717, 1.165) is 12.8 Å². The van der Waals surface area contributed by atoms with Crippen molar-refractivity contribution in [2.45, 2.75) is 41.8 Å². The lowest BCUT2D eigenvalue weighted by molar-refractivity contribution is -0.143. The Kier molecular flexibility index (Phi) is 3.90. The SMILES string of the molecule is O=C(O)C1(c2cccc(SC(F)F)c2)CCCC1. The first kappa shape index (κ1) is 13.3. The molecule has 1 aromatic carbocycles. The number of aliphatic carboxylic acids is 1. The van der Waals surface area contributed by atoms with Gasteiger partial charge in [0.25, 0.3) is 5.76 Å². The van der Waals surface area contributed by atoms with Gasteiger partial charge in [0.15, 0.2) is 0 Å². The minimum Gasteiger partial charge on any atom is -0.481 e. The van der Waals surface area contributed by atoms with Crippen LogP contribution in [0.1, 0.15) is 31.2 Å². The van der Waals surface area contributed by atoms with E-state index < -0.39 is 17.1 Å². The maximum Gasteiger partial charge on any atom is 0.314 e. The second-order valence-electron chi connectivity index (χ2n) is 4.50. The van der Waals surface area contributed by atoms with Crippen molar-refractivity contribution in [2.75, 3.05) is 0 Å². The molecule has 2 nitrogen and oxygen atoms in total. The van der Waals surface area contributed by atoms with Crippen molar-refractivity contribution >= 4 is 17.7 Å². The molecule has 5 heteroatoms. The molecule has 98 valence electrons. The minimum absolute atomic E-state index is 0.426. The molecule has 2 rings (SSSR count). The van der Waals surface area contributed by atoms with Gasteiger partial charge in [-0.15, -0.1) is 0 Å². The molecule has 0 heterocycles. The molecule has 0 bridgehead atoms. The Morgan fingerprint density at radius 1 is 1.33 bits per heavy atom. The Hall–Kier alpha value is -1.10. The summed E-state index contributed by atoms with van der Waals surface area (Å²) >= 11 is 0.456. The molecule has 0 atom stereocenters. The molecule has 0 radical (unpaired) electrons. The van der Waals surface area contributed by atoms with Crippen LogP contribution in [0.4, 0.5) is 8.78 Å². The largest absolute Gasteiger partial charge is 0.481 e. The average Bonchev–Trinajstić information content (AvgIpc) is 2.78. The monoisotopic (exact) mass is 272 g/mol. The molecule has 0 saturated heterocycles. The van der Waals surface area contributed by atoms with Gasteiger partial charge in [-0.05, 0) is 30.5 Å². The van der Waals surface area contributed by atoms with Gasteiger partial charge < -0.3 is 5.11 Å². The Bertz CT molecular complexity index is 442. The molecule has 0 aromatic heterocycles. The highest BCUT2D eigenvalue weighted by molar-refractivity contribution is 7.99. The summed E-state index contributed by atoms with van der Waals surface area (Å²) in [4.78, 5) is 11.9. The maximum atomic E-state index is 12.3. The van der Waals surface area contributed by atoms with Crippen LogP contribution in [0.3, 0.4) is 0 Å². The third kappa shape index (κ3) is 2.51. The second kappa shape index (κ2) is 5.26.